The predicted molar refractivity (Wildman–Crippen MR) is 73.6 cm³/mol. The van der Waals surface area contributed by atoms with Gasteiger partial charge in [0.2, 0.25) is 5.91 Å². The van der Waals surface area contributed by atoms with Gasteiger partial charge in [0.05, 0.1) is 19.1 Å². The Morgan fingerprint density at radius 2 is 1.84 bits per heavy atom. The third-order valence-electron chi connectivity index (χ3n) is 2.82. The molecule has 1 rings (SSSR count). The minimum atomic E-state index is -0.333. The van der Waals surface area contributed by atoms with E-state index in [9.17, 15) is 9.59 Å². The van der Waals surface area contributed by atoms with Gasteiger partial charge in [-0.1, -0.05) is 29.8 Å². The molecule has 0 aliphatic heterocycles. The molecule has 1 amide bonds. The first-order valence-corrected chi connectivity index (χ1v) is 6.54. The Morgan fingerprint density at radius 3 is 2.42 bits per heavy atom. The molecule has 0 radical (unpaired) electrons. The van der Waals surface area contributed by atoms with Crippen LogP contribution >= 0.6 is 0 Å². The van der Waals surface area contributed by atoms with Crippen LogP contribution in [0.15, 0.2) is 24.3 Å². The Balaban J connectivity index is 2.39. The lowest BCUT2D eigenvalue weighted by Gasteiger charge is -2.14. The number of hydrogen-bond donors (Lipinski definition) is 1. The van der Waals surface area contributed by atoms with Crippen molar-refractivity contribution in [1.29, 1.82) is 0 Å². The van der Waals surface area contributed by atoms with Crippen molar-refractivity contribution in [3.05, 3.63) is 35.4 Å². The summed E-state index contributed by atoms with van der Waals surface area (Å²) >= 11 is 0. The van der Waals surface area contributed by atoms with Gasteiger partial charge in [-0.2, -0.15) is 0 Å². The molecule has 0 spiro atoms. The predicted octanol–water partition coefficient (Wildman–Crippen LogP) is 2.52. The number of carbonyl (C=O) groups is 2. The van der Waals surface area contributed by atoms with Crippen LogP contribution in [-0.4, -0.2) is 18.5 Å². The van der Waals surface area contributed by atoms with Crippen molar-refractivity contribution in [2.24, 2.45) is 0 Å². The molecule has 0 aliphatic carbocycles. The van der Waals surface area contributed by atoms with Gasteiger partial charge >= 0.3 is 5.97 Å². The topological polar surface area (TPSA) is 55.4 Å². The number of amides is 1. The van der Waals surface area contributed by atoms with E-state index in [1.54, 1.807) is 6.92 Å². The van der Waals surface area contributed by atoms with Crippen molar-refractivity contribution >= 4 is 11.9 Å². The first kappa shape index (κ1) is 15.2. The van der Waals surface area contributed by atoms with Crippen LogP contribution in [0.25, 0.3) is 0 Å². The van der Waals surface area contributed by atoms with Gasteiger partial charge in [-0.15, -0.1) is 0 Å². The van der Waals surface area contributed by atoms with Crippen LogP contribution in [0.5, 0.6) is 0 Å². The van der Waals surface area contributed by atoms with Crippen molar-refractivity contribution in [3.63, 3.8) is 0 Å². The molecule has 0 saturated heterocycles. The largest absolute Gasteiger partial charge is 0.466 e. The molecule has 4 nitrogen and oxygen atoms in total. The molecular formula is C15H21NO3. The number of benzene rings is 1. The van der Waals surface area contributed by atoms with E-state index in [0.29, 0.717) is 6.61 Å². The molecule has 1 aromatic rings. The van der Waals surface area contributed by atoms with Gasteiger partial charge in [0, 0.05) is 6.42 Å². The van der Waals surface area contributed by atoms with Crippen LogP contribution in [0.1, 0.15) is 43.9 Å². The first-order valence-electron chi connectivity index (χ1n) is 6.54. The Kier molecular flexibility index (Phi) is 6.06. The summed E-state index contributed by atoms with van der Waals surface area (Å²) in [6, 6.07) is 7.94. The summed E-state index contributed by atoms with van der Waals surface area (Å²) in [6.07, 6.45) is 0.287. The highest BCUT2D eigenvalue weighted by Crippen LogP contribution is 2.13. The summed E-state index contributed by atoms with van der Waals surface area (Å²) in [7, 11) is 0. The van der Waals surface area contributed by atoms with Gasteiger partial charge in [-0.25, -0.2) is 0 Å². The zero-order valence-electron chi connectivity index (χ0n) is 11.7. The molecule has 4 heteroatoms. The van der Waals surface area contributed by atoms with E-state index in [2.05, 4.69) is 5.32 Å². The van der Waals surface area contributed by atoms with E-state index in [0.717, 1.165) is 5.56 Å². The highest BCUT2D eigenvalue weighted by Gasteiger charge is 2.11. The Bertz CT molecular complexity index is 426. The fourth-order valence-corrected chi connectivity index (χ4v) is 1.70. The Labute approximate surface area is 114 Å². The molecule has 1 N–H and O–H groups in total. The highest BCUT2D eigenvalue weighted by atomic mass is 16.5. The second-order valence-electron chi connectivity index (χ2n) is 4.50. The van der Waals surface area contributed by atoms with E-state index in [-0.39, 0.29) is 30.8 Å². The quantitative estimate of drug-likeness (QED) is 0.802. The van der Waals surface area contributed by atoms with Crippen LogP contribution in [0.3, 0.4) is 0 Å². The van der Waals surface area contributed by atoms with Gasteiger partial charge in [-0.3, -0.25) is 9.59 Å². The van der Waals surface area contributed by atoms with Gasteiger partial charge < -0.3 is 10.1 Å². The van der Waals surface area contributed by atoms with E-state index < -0.39 is 0 Å². The third kappa shape index (κ3) is 5.55. The fourth-order valence-electron chi connectivity index (χ4n) is 1.70. The highest BCUT2D eigenvalue weighted by molar-refractivity contribution is 5.81. The lowest BCUT2D eigenvalue weighted by molar-refractivity contribution is -0.144. The summed E-state index contributed by atoms with van der Waals surface area (Å²) < 4.78 is 4.78. The maximum Gasteiger partial charge on any atom is 0.306 e. The minimum absolute atomic E-state index is 0.0599. The summed E-state index contributed by atoms with van der Waals surface area (Å²) in [5.41, 5.74) is 2.24. The van der Waals surface area contributed by atoms with E-state index in [4.69, 9.17) is 4.74 Å². The second kappa shape index (κ2) is 7.56. The molecule has 0 saturated carbocycles. The molecule has 0 fully saturated rings. The van der Waals surface area contributed by atoms with Crippen LogP contribution in [0.2, 0.25) is 0 Å². The molecule has 1 atom stereocenters. The molecule has 0 aromatic heterocycles. The van der Waals surface area contributed by atoms with Crippen molar-refractivity contribution in [1.82, 2.24) is 5.32 Å². The molecule has 19 heavy (non-hydrogen) atoms. The zero-order chi connectivity index (χ0) is 14.3. The molecule has 0 unspecified atom stereocenters. The average molecular weight is 263 g/mol. The molecule has 0 bridgehead atoms. The summed E-state index contributed by atoms with van der Waals surface area (Å²) in [4.78, 5) is 22.8. The number of aryl methyl sites for hydroxylation is 1. The van der Waals surface area contributed by atoms with Gasteiger partial charge in [0.25, 0.3) is 0 Å². The number of hydrogen-bond acceptors (Lipinski definition) is 3. The summed E-state index contributed by atoms with van der Waals surface area (Å²) in [6.45, 7) is 6.04. The lowest BCUT2D eigenvalue weighted by atomic mass is 10.1. The summed E-state index contributed by atoms with van der Waals surface area (Å²) in [5.74, 6) is -0.471. The van der Waals surface area contributed by atoms with Crippen molar-refractivity contribution in [2.75, 3.05) is 6.61 Å². The molecular weight excluding hydrogens is 242 g/mol. The number of esters is 1. The van der Waals surface area contributed by atoms with Gasteiger partial charge in [0.1, 0.15) is 0 Å². The van der Waals surface area contributed by atoms with E-state index in [1.807, 2.05) is 38.1 Å². The van der Waals surface area contributed by atoms with Gasteiger partial charge in [0.15, 0.2) is 0 Å². The first-order chi connectivity index (χ1) is 9.02. The fraction of sp³-hybridized carbons (Fsp3) is 0.467. The number of ether oxygens (including phenoxy) is 1. The van der Waals surface area contributed by atoms with Crippen LogP contribution in [-0.2, 0) is 14.3 Å². The zero-order valence-corrected chi connectivity index (χ0v) is 11.7. The Hall–Kier alpha value is -1.84. The SMILES string of the molecule is CCOC(=O)CCC(=O)N[C@@H](C)c1ccc(C)cc1. The van der Waals surface area contributed by atoms with Gasteiger partial charge in [-0.05, 0) is 26.3 Å². The molecule has 0 aliphatic rings. The summed E-state index contributed by atoms with van der Waals surface area (Å²) in [5, 5.41) is 2.87. The minimum Gasteiger partial charge on any atom is -0.466 e. The molecule has 1 aromatic carbocycles. The second-order valence-corrected chi connectivity index (χ2v) is 4.50. The van der Waals surface area contributed by atoms with Crippen molar-refractivity contribution in [2.45, 2.75) is 39.7 Å². The average Bonchev–Trinajstić information content (AvgIpc) is 2.37. The van der Waals surface area contributed by atoms with Crippen LogP contribution in [0.4, 0.5) is 0 Å². The number of rotatable bonds is 6. The van der Waals surface area contributed by atoms with Crippen molar-refractivity contribution in [3.8, 4) is 0 Å². The maximum absolute atomic E-state index is 11.7. The lowest BCUT2D eigenvalue weighted by Crippen LogP contribution is -2.27. The van der Waals surface area contributed by atoms with E-state index >= 15 is 0 Å². The van der Waals surface area contributed by atoms with E-state index in [1.165, 1.54) is 5.56 Å². The standard InChI is InChI=1S/C15H21NO3/c1-4-19-15(18)10-9-14(17)16-12(3)13-7-5-11(2)6-8-13/h5-8,12H,4,9-10H2,1-3H3,(H,16,17)/t12-/m0/s1. The van der Waals surface area contributed by atoms with Crippen LogP contribution < -0.4 is 5.32 Å². The molecule has 104 valence electrons. The van der Waals surface area contributed by atoms with Crippen LogP contribution in [0, 0.1) is 6.92 Å². The monoisotopic (exact) mass is 263 g/mol. The number of carbonyl (C=O) groups excluding carboxylic acids is 2. The Morgan fingerprint density at radius 1 is 1.21 bits per heavy atom. The maximum atomic E-state index is 11.7. The van der Waals surface area contributed by atoms with Crippen molar-refractivity contribution < 1.29 is 14.3 Å². The third-order valence-corrected chi connectivity index (χ3v) is 2.82. The number of nitrogens with one attached hydrogen (secondary N) is 1. The molecule has 0 heterocycles. The normalized spacial score (nSPS) is 11.7. The smallest absolute Gasteiger partial charge is 0.306 e.